The second kappa shape index (κ2) is 5.67. The van der Waals surface area contributed by atoms with Crippen LogP contribution >= 0.6 is 0 Å². The van der Waals surface area contributed by atoms with E-state index >= 15 is 0 Å². The molecule has 2 aliphatic heterocycles. The lowest BCUT2D eigenvalue weighted by molar-refractivity contribution is -0.141. The van der Waals surface area contributed by atoms with Gasteiger partial charge in [-0.2, -0.15) is 18.3 Å². The number of aromatic nitrogens is 4. The quantitative estimate of drug-likeness (QED) is 0.859. The van der Waals surface area contributed by atoms with Crippen molar-refractivity contribution in [3.63, 3.8) is 0 Å². The summed E-state index contributed by atoms with van der Waals surface area (Å²) < 4.78 is 41.4. The highest BCUT2D eigenvalue weighted by Crippen LogP contribution is 2.33. The van der Waals surface area contributed by atoms with Crippen LogP contribution in [0.1, 0.15) is 18.7 Å². The van der Waals surface area contributed by atoms with Gasteiger partial charge in [0.15, 0.2) is 5.69 Å². The maximum Gasteiger partial charge on any atom is 0.433 e. The second-order valence-electron chi connectivity index (χ2n) is 6.42. The van der Waals surface area contributed by atoms with Gasteiger partial charge in [-0.25, -0.2) is 9.97 Å². The molecule has 2 fully saturated rings. The van der Waals surface area contributed by atoms with Crippen LogP contribution in [0, 0.1) is 0 Å². The minimum absolute atomic E-state index is 0.0271. The van der Waals surface area contributed by atoms with Gasteiger partial charge in [0.05, 0.1) is 30.1 Å². The van der Waals surface area contributed by atoms with E-state index in [2.05, 4.69) is 20.4 Å². The van der Waals surface area contributed by atoms with Crippen LogP contribution in [-0.4, -0.2) is 56.6 Å². The molecule has 2 aliphatic rings. The molecule has 0 bridgehead atoms. The summed E-state index contributed by atoms with van der Waals surface area (Å²) in [7, 11) is 0. The molecule has 4 rings (SSSR count). The summed E-state index contributed by atoms with van der Waals surface area (Å²) in [5.41, 5.74) is -0.321. The van der Waals surface area contributed by atoms with E-state index in [1.54, 1.807) is 22.7 Å². The molecule has 10 heteroatoms. The zero-order chi connectivity index (χ0) is 17.8. The summed E-state index contributed by atoms with van der Waals surface area (Å²) in [4.78, 5) is 9.48. The maximum atomic E-state index is 13.2. The van der Waals surface area contributed by atoms with E-state index in [1.807, 2.05) is 0 Å². The van der Waals surface area contributed by atoms with Crippen molar-refractivity contribution in [3.05, 3.63) is 24.2 Å². The van der Waals surface area contributed by atoms with Gasteiger partial charge >= 0.3 is 6.18 Å². The zero-order valence-corrected chi connectivity index (χ0v) is 13.4. The Morgan fingerprint density at radius 2 is 2.04 bits per heavy atom. The first-order chi connectivity index (χ1) is 11.8. The van der Waals surface area contributed by atoms with Gasteiger partial charge in [0.25, 0.3) is 0 Å². The Bertz CT molecular complexity index is 788. The van der Waals surface area contributed by atoms with Crippen LogP contribution in [0.4, 0.5) is 19.1 Å². The fourth-order valence-corrected chi connectivity index (χ4v) is 2.84. The zero-order valence-electron chi connectivity index (χ0n) is 13.4. The fraction of sp³-hybridized carbons (Fsp3) is 0.533. The molecule has 0 spiro atoms. The van der Waals surface area contributed by atoms with Gasteiger partial charge in [0.1, 0.15) is 0 Å². The normalized spacial score (nSPS) is 24.1. The van der Waals surface area contributed by atoms with Crippen LogP contribution in [0.25, 0.3) is 11.3 Å². The first kappa shape index (κ1) is 16.3. The van der Waals surface area contributed by atoms with Gasteiger partial charge < -0.3 is 15.3 Å². The molecule has 0 unspecified atom stereocenters. The van der Waals surface area contributed by atoms with E-state index in [0.717, 1.165) is 19.2 Å². The molecular weight excluding hydrogens is 337 g/mol. The number of hydrogen-bond acceptors (Lipinski definition) is 6. The van der Waals surface area contributed by atoms with Crippen molar-refractivity contribution in [2.45, 2.75) is 31.3 Å². The number of rotatable bonds is 3. The molecule has 134 valence electrons. The highest BCUT2D eigenvalue weighted by atomic mass is 19.4. The Morgan fingerprint density at radius 1 is 1.28 bits per heavy atom. The largest absolute Gasteiger partial charge is 0.433 e. The van der Waals surface area contributed by atoms with E-state index in [1.165, 1.54) is 6.20 Å². The summed E-state index contributed by atoms with van der Waals surface area (Å²) in [5.74, 6) is -0.0271. The molecule has 25 heavy (non-hydrogen) atoms. The average Bonchev–Trinajstić information content (AvgIpc) is 2.98. The Kier molecular flexibility index (Phi) is 3.69. The molecule has 0 radical (unpaired) electrons. The molecule has 0 amide bonds. The number of anilines is 1. The summed E-state index contributed by atoms with van der Waals surface area (Å²) in [6.45, 7) is 3.51. The number of aliphatic hydroxyl groups excluding tert-OH is 1. The molecule has 2 aromatic heterocycles. The SMILES string of the molecule is C[C@H]1[C@H](O)CN1c1nc(-c2cnn(C3CNC3)c2)cc(C(F)(F)F)n1. The van der Waals surface area contributed by atoms with Crippen LogP contribution in [0.2, 0.25) is 0 Å². The summed E-state index contributed by atoms with van der Waals surface area (Å²) >= 11 is 0. The number of β-amino-alcohol motifs (C(OH)–C–C–N with tert-alkyl or cyclic N) is 1. The lowest BCUT2D eigenvalue weighted by Gasteiger charge is -2.43. The molecule has 2 aromatic rings. The Hall–Kier alpha value is -2.20. The number of nitrogens with one attached hydrogen (secondary N) is 1. The van der Waals surface area contributed by atoms with Gasteiger partial charge in [0.2, 0.25) is 5.95 Å². The summed E-state index contributed by atoms with van der Waals surface area (Å²) in [5, 5.41) is 17.0. The van der Waals surface area contributed by atoms with Gasteiger partial charge in [-0.15, -0.1) is 0 Å². The second-order valence-corrected chi connectivity index (χ2v) is 6.42. The third-order valence-corrected chi connectivity index (χ3v) is 4.73. The predicted molar refractivity (Wildman–Crippen MR) is 83.0 cm³/mol. The van der Waals surface area contributed by atoms with Crippen LogP contribution in [0.5, 0.6) is 0 Å². The number of alkyl halides is 3. The highest BCUT2D eigenvalue weighted by Gasteiger charge is 2.39. The molecule has 7 nitrogen and oxygen atoms in total. The van der Waals surface area contributed by atoms with Crippen LogP contribution in [0.15, 0.2) is 18.5 Å². The van der Waals surface area contributed by atoms with Gasteiger partial charge in [-0.3, -0.25) is 4.68 Å². The average molecular weight is 354 g/mol. The van der Waals surface area contributed by atoms with E-state index in [4.69, 9.17) is 0 Å². The number of hydrogen-bond donors (Lipinski definition) is 2. The van der Waals surface area contributed by atoms with Crippen LogP contribution in [-0.2, 0) is 6.18 Å². The standard InChI is InChI=1S/C15H17F3N6O/c1-8-12(25)7-23(8)14-21-11(2-13(22-14)15(16,17)18)9-3-20-24(6-9)10-4-19-5-10/h2-3,6,8,10,12,19,25H,4-5,7H2,1H3/t8-,12+/m0/s1. The number of halogens is 3. The summed E-state index contributed by atoms with van der Waals surface area (Å²) in [6, 6.07) is 0.827. The third kappa shape index (κ3) is 2.85. The first-order valence-corrected chi connectivity index (χ1v) is 7.99. The number of nitrogens with zero attached hydrogens (tertiary/aromatic N) is 5. The van der Waals surface area contributed by atoms with Crippen molar-refractivity contribution in [2.24, 2.45) is 0 Å². The van der Waals surface area contributed by atoms with Crippen molar-refractivity contribution in [2.75, 3.05) is 24.5 Å². The fourth-order valence-electron chi connectivity index (χ4n) is 2.84. The Morgan fingerprint density at radius 3 is 2.60 bits per heavy atom. The lowest BCUT2D eigenvalue weighted by atomic mass is 10.0. The first-order valence-electron chi connectivity index (χ1n) is 7.99. The minimum atomic E-state index is -4.58. The van der Waals surface area contributed by atoms with E-state index in [0.29, 0.717) is 5.56 Å². The monoisotopic (exact) mass is 354 g/mol. The van der Waals surface area contributed by atoms with E-state index < -0.39 is 18.0 Å². The predicted octanol–water partition coefficient (Wildman–Crippen LogP) is 1.07. The molecule has 2 saturated heterocycles. The van der Waals surface area contributed by atoms with Crippen LogP contribution in [0.3, 0.4) is 0 Å². The van der Waals surface area contributed by atoms with Crippen molar-refractivity contribution in [3.8, 4) is 11.3 Å². The molecule has 2 N–H and O–H groups in total. The maximum absolute atomic E-state index is 13.2. The van der Waals surface area contributed by atoms with Gasteiger partial charge in [-0.05, 0) is 13.0 Å². The molecule has 0 aromatic carbocycles. The third-order valence-electron chi connectivity index (χ3n) is 4.73. The minimum Gasteiger partial charge on any atom is -0.389 e. The molecule has 0 aliphatic carbocycles. The highest BCUT2D eigenvalue weighted by molar-refractivity contribution is 5.60. The van der Waals surface area contributed by atoms with E-state index in [-0.39, 0.29) is 30.3 Å². The van der Waals surface area contributed by atoms with Crippen molar-refractivity contribution >= 4 is 5.95 Å². The van der Waals surface area contributed by atoms with Crippen molar-refractivity contribution in [1.29, 1.82) is 0 Å². The van der Waals surface area contributed by atoms with Crippen molar-refractivity contribution in [1.82, 2.24) is 25.1 Å². The summed E-state index contributed by atoms with van der Waals surface area (Å²) in [6.07, 6.45) is -1.95. The van der Waals surface area contributed by atoms with Gasteiger partial charge in [-0.1, -0.05) is 0 Å². The lowest BCUT2D eigenvalue weighted by Crippen LogP contribution is -2.59. The molecule has 0 saturated carbocycles. The van der Waals surface area contributed by atoms with Crippen LogP contribution < -0.4 is 10.2 Å². The molecular formula is C15H17F3N6O. The Labute approximate surface area is 141 Å². The van der Waals surface area contributed by atoms with Gasteiger partial charge in [0, 0.05) is 31.4 Å². The smallest absolute Gasteiger partial charge is 0.389 e. The molecule has 2 atom stereocenters. The number of aliphatic hydroxyl groups is 1. The van der Waals surface area contributed by atoms with E-state index in [9.17, 15) is 18.3 Å². The topological polar surface area (TPSA) is 79.1 Å². The molecule has 4 heterocycles. The van der Waals surface area contributed by atoms with Crippen molar-refractivity contribution < 1.29 is 18.3 Å². The Balaban J connectivity index is 1.72.